The van der Waals surface area contributed by atoms with E-state index in [4.69, 9.17) is 9.84 Å². The van der Waals surface area contributed by atoms with Gasteiger partial charge in [0.1, 0.15) is 5.75 Å². The number of anilines is 1. The first-order valence-electron chi connectivity index (χ1n) is 12.4. The fourth-order valence-corrected chi connectivity index (χ4v) is 5.22. The number of nitrogens with zero attached hydrogens (tertiary/aromatic N) is 3. The van der Waals surface area contributed by atoms with Crippen molar-refractivity contribution in [2.24, 2.45) is 5.92 Å². The minimum atomic E-state index is -3.33. The number of halogens is 2. The molecule has 0 aliphatic heterocycles. The number of amides is 1. The maximum atomic E-state index is 13.8. The predicted octanol–water partition coefficient (Wildman–Crippen LogP) is 4.58. The SMILES string of the molecule is CCOc1cc2nn([C@H]3CC[C@@](O)(C4CC4)CC3)cc2cc1NC(=O)c1cccc(C(C)(F)F)[n+]1O. The van der Waals surface area contributed by atoms with Crippen molar-refractivity contribution in [2.45, 2.75) is 69.9 Å². The van der Waals surface area contributed by atoms with Crippen LogP contribution in [0.3, 0.4) is 0 Å². The van der Waals surface area contributed by atoms with Crippen molar-refractivity contribution in [1.29, 1.82) is 0 Å². The number of pyridine rings is 1. The summed E-state index contributed by atoms with van der Waals surface area (Å²) < 4.78 is 35.5. The Bertz CT molecular complexity index is 1290. The van der Waals surface area contributed by atoms with Crippen LogP contribution in [-0.2, 0) is 5.92 Å². The molecule has 10 heteroatoms. The van der Waals surface area contributed by atoms with Crippen LogP contribution in [-0.4, -0.2) is 38.2 Å². The molecule has 1 amide bonds. The molecule has 3 N–H and O–H groups in total. The Balaban J connectivity index is 1.40. The smallest absolute Gasteiger partial charge is 0.332 e. The normalized spacial score (nSPS) is 22.5. The van der Waals surface area contributed by atoms with Crippen LogP contribution in [0.15, 0.2) is 36.5 Å². The summed E-state index contributed by atoms with van der Waals surface area (Å²) in [7, 11) is 0. The van der Waals surface area contributed by atoms with Gasteiger partial charge in [0.25, 0.3) is 0 Å². The first-order valence-corrected chi connectivity index (χ1v) is 12.4. The molecule has 0 saturated heterocycles. The number of nitrogens with one attached hydrogen (secondary N) is 1. The lowest BCUT2D eigenvalue weighted by molar-refractivity contribution is -0.914. The molecule has 0 radical (unpaired) electrons. The summed E-state index contributed by atoms with van der Waals surface area (Å²) in [5.74, 6) is -3.26. The molecule has 0 bridgehead atoms. The molecule has 2 heterocycles. The first-order chi connectivity index (χ1) is 17.1. The molecular weight excluding hydrogens is 470 g/mol. The third kappa shape index (κ3) is 4.61. The van der Waals surface area contributed by atoms with E-state index in [0.29, 0.717) is 36.4 Å². The molecule has 0 atom stereocenters. The lowest BCUT2D eigenvalue weighted by Crippen LogP contribution is -2.46. The maximum absolute atomic E-state index is 13.8. The molecule has 36 heavy (non-hydrogen) atoms. The number of aliphatic hydroxyl groups is 1. The van der Waals surface area contributed by atoms with Gasteiger partial charge in [-0.3, -0.25) is 14.7 Å². The van der Waals surface area contributed by atoms with Crippen LogP contribution >= 0.6 is 0 Å². The second kappa shape index (κ2) is 8.99. The molecule has 1 aromatic carbocycles. The highest BCUT2D eigenvalue weighted by Crippen LogP contribution is 2.49. The molecule has 2 aromatic heterocycles. The second-order valence-corrected chi connectivity index (χ2v) is 10.0. The van der Waals surface area contributed by atoms with Crippen LogP contribution in [0.4, 0.5) is 14.5 Å². The lowest BCUT2D eigenvalue weighted by Gasteiger charge is -2.36. The van der Waals surface area contributed by atoms with Gasteiger partial charge in [0.15, 0.2) is 0 Å². The summed E-state index contributed by atoms with van der Waals surface area (Å²) in [6.07, 6.45) is 7.36. The summed E-state index contributed by atoms with van der Waals surface area (Å²) in [6, 6.07) is 7.24. The third-order valence-electron chi connectivity index (χ3n) is 7.35. The summed E-state index contributed by atoms with van der Waals surface area (Å²) in [5, 5.41) is 29.3. The molecule has 3 aromatic rings. The number of alkyl halides is 2. The quantitative estimate of drug-likeness (QED) is 0.325. The van der Waals surface area contributed by atoms with Crippen molar-refractivity contribution in [3.63, 3.8) is 0 Å². The van der Waals surface area contributed by atoms with Crippen molar-refractivity contribution < 1.29 is 33.4 Å². The van der Waals surface area contributed by atoms with Gasteiger partial charge in [0, 0.05) is 41.4 Å². The number of carbonyl (C=O) groups excluding carboxylic acids is 1. The van der Waals surface area contributed by atoms with Gasteiger partial charge in [0.2, 0.25) is 0 Å². The van der Waals surface area contributed by atoms with E-state index in [1.165, 1.54) is 12.1 Å². The number of ether oxygens (including phenoxy) is 1. The van der Waals surface area contributed by atoms with E-state index in [0.717, 1.165) is 50.0 Å². The number of rotatable bonds is 7. The molecule has 5 rings (SSSR count). The fourth-order valence-electron chi connectivity index (χ4n) is 5.22. The molecule has 2 saturated carbocycles. The van der Waals surface area contributed by atoms with Crippen LogP contribution in [0.25, 0.3) is 10.9 Å². The van der Waals surface area contributed by atoms with Gasteiger partial charge in [-0.2, -0.15) is 13.9 Å². The molecule has 192 valence electrons. The van der Waals surface area contributed by atoms with E-state index < -0.39 is 23.1 Å². The zero-order valence-electron chi connectivity index (χ0n) is 20.4. The maximum Gasteiger partial charge on any atom is 0.332 e. The van der Waals surface area contributed by atoms with Crippen molar-refractivity contribution in [3.05, 3.63) is 47.9 Å². The summed E-state index contributed by atoms with van der Waals surface area (Å²) in [5.41, 5.74) is -0.528. The number of benzene rings is 1. The molecule has 2 aliphatic rings. The zero-order chi connectivity index (χ0) is 25.7. The van der Waals surface area contributed by atoms with Crippen LogP contribution in [0.5, 0.6) is 5.75 Å². The number of hydrogen-bond donors (Lipinski definition) is 3. The molecular formula is C26H31F2N4O4+. The molecule has 0 spiro atoms. The molecule has 2 fully saturated rings. The van der Waals surface area contributed by atoms with Gasteiger partial charge >= 0.3 is 23.2 Å². The zero-order valence-corrected chi connectivity index (χ0v) is 20.4. The first kappa shape index (κ1) is 24.4. The van der Waals surface area contributed by atoms with Gasteiger partial charge in [-0.25, -0.2) is 0 Å². The minimum Gasteiger partial charge on any atom is -0.492 e. The Morgan fingerprint density at radius 1 is 1.28 bits per heavy atom. The number of hydrogen-bond acceptors (Lipinski definition) is 5. The number of carbonyl (C=O) groups is 1. The van der Waals surface area contributed by atoms with E-state index in [1.54, 1.807) is 12.1 Å². The van der Waals surface area contributed by atoms with E-state index in [2.05, 4.69) is 5.32 Å². The largest absolute Gasteiger partial charge is 0.492 e. The van der Waals surface area contributed by atoms with Gasteiger partial charge in [0.05, 0.1) is 29.5 Å². The monoisotopic (exact) mass is 501 g/mol. The van der Waals surface area contributed by atoms with E-state index >= 15 is 0 Å². The average Bonchev–Trinajstić information content (AvgIpc) is 3.61. The Morgan fingerprint density at radius 2 is 2.00 bits per heavy atom. The standard InChI is InChI=1S/C26H30F2N4O4/c1-3-36-22-14-19-16(15-31(30-19)18-9-11-26(34,12-10-18)17-7-8-17)13-20(22)29-24(33)21-5-4-6-23(32(21)35)25(2,27)28/h4-6,13-15,17-18,34H,3,7-12H2,1-2H3,(H-,29,33,35)/p+1/t18-,26-. The van der Waals surface area contributed by atoms with E-state index in [9.17, 15) is 23.9 Å². The van der Waals surface area contributed by atoms with Crippen LogP contribution in [0, 0.1) is 5.92 Å². The van der Waals surface area contributed by atoms with E-state index in [1.807, 2.05) is 17.8 Å². The van der Waals surface area contributed by atoms with Gasteiger partial charge in [-0.1, -0.05) is 0 Å². The van der Waals surface area contributed by atoms with Crippen LogP contribution in [0.2, 0.25) is 0 Å². The highest BCUT2D eigenvalue weighted by atomic mass is 19.3. The van der Waals surface area contributed by atoms with E-state index in [-0.39, 0.29) is 16.5 Å². The summed E-state index contributed by atoms with van der Waals surface area (Å²) in [6.45, 7) is 2.80. The fraction of sp³-hybridized carbons (Fsp3) is 0.500. The Labute approximate surface area is 207 Å². The van der Waals surface area contributed by atoms with Crippen molar-refractivity contribution in [3.8, 4) is 5.75 Å². The Morgan fingerprint density at radius 3 is 2.64 bits per heavy atom. The van der Waals surface area contributed by atoms with Gasteiger partial charge in [-0.05, 0) is 63.5 Å². The number of fused-ring (bicyclic) bond motifs is 1. The minimum absolute atomic E-state index is 0.178. The van der Waals surface area contributed by atoms with Crippen molar-refractivity contribution in [2.75, 3.05) is 11.9 Å². The van der Waals surface area contributed by atoms with Crippen molar-refractivity contribution in [1.82, 2.24) is 9.78 Å². The van der Waals surface area contributed by atoms with Crippen LogP contribution < -0.4 is 14.8 Å². The number of aromatic nitrogens is 3. The summed E-state index contributed by atoms with van der Waals surface area (Å²) >= 11 is 0. The predicted molar refractivity (Wildman–Crippen MR) is 127 cm³/mol. The summed E-state index contributed by atoms with van der Waals surface area (Å²) in [4.78, 5) is 12.9. The topological polar surface area (TPSA) is 100 Å². The Hall–Kier alpha value is -3.27. The van der Waals surface area contributed by atoms with Gasteiger partial charge < -0.3 is 15.2 Å². The second-order valence-electron chi connectivity index (χ2n) is 10.0. The third-order valence-corrected chi connectivity index (χ3v) is 7.35. The molecule has 2 aliphatic carbocycles. The Kier molecular flexibility index (Phi) is 6.10. The molecule has 8 nitrogen and oxygen atoms in total. The van der Waals surface area contributed by atoms with Crippen molar-refractivity contribution >= 4 is 22.5 Å². The average molecular weight is 502 g/mol. The van der Waals surface area contributed by atoms with Crippen LogP contribution in [0.1, 0.15) is 74.6 Å². The molecule has 0 unspecified atom stereocenters. The highest BCUT2D eigenvalue weighted by molar-refractivity contribution is 6.04. The van der Waals surface area contributed by atoms with Gasteiger partial charge in [-0.15, -0.1) is 0 Å². The highest BCUT2D eigenvalue weighted by Gasteiger charge is 2.46. The lowest BCUT2D eigenvalue weighted by atomic mass is 9.79.